The van der Waals surface area contributed by atoms with Crippen molar-refractivity contribution in [3.63, 3.8) is 0 Å². The van der Waals surface area contributed by atoms with Crippen molar-refractivity contribution in [1.82, 2.24) is 24.8 Å². The lowest BCUT2D eigenvalue weighted by Gasteiger charge is -2.18. The first-order valence-corrected chi connectivity index (χ1v) is 10.9. The van der Waals surface area contributed by atoms with Gasteiger partial charge in [-0.3, -0.25) is 14.5 Å². The Balaban J connectivity index is 1.57. The highest BCUT2D eigenvalue weighted by molar-refractivity contribution is 5.98. The lowest BCUT2D eigenvalue weighted by atomic mass is 10.1. The molecule has 0 aliphatic carbocycles. The van der Waals surface area contributed by atoms with Gasteiger partial charge in [0.1, 0.15) is 22.9 Å². The summed E-state index contributed by atoms with van der Waals surface area (Å²) < 4.78 is 12.4. The molecule has 2 N–H and O–H groups in total. The quantitative estimate of drug-likeness (QED) is 0.584. The number of methoxy groups -OCH3 is 1. The van der Waals surface area contributed by atoms with Crippen LogP contribution in [0.25, 0.3) is 0 Å². The van der Waals surface area contributed by atoms with Gasteiger partial charge in [-0.2, -0.15) is 0 Å². The lowest BCUT2D eigenvalue weighted by molar-refractivity contribution is 0.0942. The normalized spacial score (nSPS) is 14.1. The van der Waals surface area contributed by atoms with Gasteiger partial charge in [0.25, 0.3) is 11.5 Å². The third kappa shape index (κ3) is 4.47. The molecule has 9 nitrogen and oxygen atoms in total. The average molecular weight is 440 g/mol. The molecule has 32 heavy (non-hydrogen) atoms. The van der Waals surface area contributed by atoms with Crippen LogP contribution in [0.15, 0.2) is 33.7 Å². The van der Waals surface area contributed by atoms with Gasteiger partial charge in [0.15, 0.2) is 0 Å². The number of nitrogens with zero attached hydrogens (tertiary/aromatic N) is 3. The number of imidazole rings is 1. The van der Waals surface area contributed by atoms with Crippen LogP contribution in [-0.2, 0) is 32.5 Å². The molecule has 1 aliphatic heterocycles. The molecule has 4 rings (SSSR count). The van der Waals surface area contributed by atoms with E-state index in [1.54, 1.807) is 23.0 Å². The summed E-state index contributed by atoms with van der Waals surface area (Å²) in [4.78, 5) is 36.1. The van der Waals surface area contributed by atoms with Gasteiger partial charge < -0.3 is 24.0 Å². The number of rotatable bonds is 7. The van der Waals surface area contributed by atoms with E-state index < -0.39 is 0 Å². The molecule has 0 saturated carbocycles. The Labute approximate surface area is 186 Å². The first-order valence-electron chi connectivity index (χ1n) is 10.9. The van der Waals surface area contributed by atoms with Crippen LogP contribution in [0.3, 0.4) is 0 Å². The minimum atomic E-state index is -0.286. The highest BCUT2D eigenvalue weighted by Gasteiger charge is 2.25. The number of hydrogen-bond donors (Lipinski definition) is 2. The molecule has 1 amide bonds. The van der Waals surface area contributed by atoms with E-state index in [0.29, 0.717) is 55.4 Å². The minimum absolute atomic E-state index is 0.162. The number of pyridine rings is 1. The van der Waals surface area contributed by atoms with Crippen LogP contribution in [0.1, 0.15) is 45.9 Å². The summed E-state index contributed by atoms with van der Waals surface area (Å²) in [7, 11) is 1.48. The Hall–Kier alpha value is -3.33. The molecule has 0 spiro atoms. The van der Waals surface area contributed by atoms with Crippen molar-refractivity contribution in [2.75, 3.05) is 20.2 Å². The van der Waals surface area contributed by atoms with Crippen LogP contribution in [0, 0.1) is 6.92 Å². The third-order valence-corrected chi connectivity index (χ3v) is 5.88. The van der Waals surface area contributed by atoms with Crippen LogP contribution in [0.5, 0.6) is 5.75 Å². The Kier molecular flexibility index (Phi) is 6.45. The van der Waals surface area contributed by atoms with E-state index in [1.165, 1.54) is 13.2 Å². The smallest absolute Gasteiger partial charge is 0.257 e. The topological polar surface area (TPSA) is 105 Å². The van der Waals surface area contributed by atoms with Gasteiger partial charge in [-0.15, -0.1) is 0 Å². The lowest BCUT2D eigenvalue weighted by Crippen LogP contribution is -2.31. The second-order valence-electron chi connectivity index (χ2n) is 7.92. The van der Waals surface area contributed by atoms with Crippen molar-refractivity contribution in [3.8, 4) is 5.75 Å². The van der Waals surface area contributed by atoms with Crippen LogP contribution < -0.4 is 15.6 Å². The summed E-state index contributed by atoms with van der Waals surface area (Å²) in [5.41, 5.74) is 3.03. The van der Waals surface area contributed by atoms with Gasteiger partial charge in [0.2, 0.25) is 0 Å². The van der Waals surface area contributed by atoms with Gasteiger partial charge >= 0.3 is 0 Å². The number of H-pyrrole nitrogens is 1. The fourth-order valence-electron chi connectivity index (χ4n) is 4.12. The van der Waals surface area contributed by atoms with Crippen molar-refractivity contribution in [2.45, 2.75) is 46.3 Å². The summed E-state index contributed by atoms with van der Waals surface area (Å²) >= 11 is 0. The van der Waals surface area contributed by atoms with Crippen LogP contribution in [-0.4, -0.2) is 45.5 Å². The molecule has 0 unspecified atom stereocenters. The van der Waals surface area contributed by atoms with E-state index in [2.05, 4.69) is 27.1 Å². The van der Waals surface area contributed by atoms with E-state index in [0.717, 1.165) is 23.6 Å². The highest BCUT2D eigenvalue weighted by Crippen LogP contribution is 2.23. The van der Waals surface area contributed by atoms with E-state index in [1.807, 2.05) is 6.92 Å². The molecule has 3 aromatic rings. The maximum atomic E-state index is 13.1. The van der Waals surface area contributed by atoms with E-state index >= 15 is 0 Å². The second kappa shape index (κ2) is 9.44. The van der Waals surface area contributed by atoms with E-state index in [4.69, 9.17) is 9.15 Å². The molecule has 1 aliphatic rings. The van der Waals surface area contributed by atoms with Crippen LogP contribution in [0.4, 0.5) is 0 Å². The van der Waals surface area contributed by atoms with Crippen LogP contribution >= 0.6 is 0 Å². The van der Waals surface area contributed by atoms with Gasteiger partial charge in [-0.1, -0.05) is 6.92 Å². The van der Waals surface area contributed by atoms with E-state index in [9.17, 15) is 9.59 Å². The fraction of sp³-hybridized carbons (Fsp3) is 0.435. The van der Waals surface area contributed by atoms with Crippen molar-refractivity contribution in [2.24, 2.45) is 0 Å². The molecular formula is C23H29N5O4. The SMILES string of the molecule is CCc1nc(CN2CCc3c(C(=O)NCc4ccco4)c(OC)cc(=O)n3CC2)c(C)[nH]1. The predicted molar refractivity (Wildman–Crippen MR) is 119 cm³/mol. The van der Waals surface area contributed by atoms with Crippen molar-refractivity contribution < 1.29 is 13.9 Å². The van der Waals surface area contributed by atoms with Crippen molar-refractivity contribution in [1.29, 1.82) is 0 Å². The summed E-state index contributed by atoms with van der Waals surface area (Å²) in [5.74, 6) is 1.64. The van der Waals surface area contributed by atoms with Crippen molar-refractivity contribution >= 4 is 5.91 Å². The number of aromatic nitrogens is 3. The zero-order valence-electron chi connectivity index (χ0n) is 18.7. The summed E-state index contributed by atoms with van der Waals surface area (Å²) in [5, 5.41) is 2.88. The standard InChI is InChI=1S/C23H29N5O4/c1-4-20-25-15(2)17(26-20)14-27-8-7-18-22(23(30)24-13-16-6-5-11-32-16)19(31-3)12-21(29)28(18)10-9-27/h5-6,11-12H,4,7-10,13-14H2,1-3H3,(H,24,30)(H,25,26). The Bertz CT molecular complexity index is 1150. The zero-order chi connectivity index (χ0) is 22.7. The van der Waals surface area contributed by atoms with Gasteiger partial charge in [0, 0.05) is 56.5 Å². The number of fused-ring (bicyclic) bond motifs is 1. The first-order chi connectivity index (χ1) is 15.5. The van der Waals surface area contributed by atoms with Gasteiger partial charge in [-0.05, 0) is 19.1 Å². The largest absolute Gasteiger partial charge is 0.496 e. The number of hydrogen-bond acceptors (Lipinski definition) is 6. The molecule has 0 atom stereocenters. The fourth-order valence-corrected chi connectivity index (χ4v) is 4.12. The summed E-state index contributed by atoms with van der Waals surface area (Å²) in [6.07, 6.45) is 2.98. The van der Waals surface area contributed by atoms with Gasteiger partial charge in [0.05, 0.1) is 25.6 Å². The van der Waals surface area contributed by atoms with Crippen molar-refractivity contribution in [3.05, 3.63) is 69.0 Å². The maximum Gasteiger partial charge on any atom is 0.257 e. The summed E-state index contributed by atoms with van der Waals surface area (Å²) in [6, 6.07) is 4.97. The van der Waals surface area contributed by atoms with Crippen LogP contribution in [0.2, 0.25) is 0 Å². The third-order valence-electron chi connectivity index (χ3n) is 5.88. The number of aryl methyl sites for hydroxylation is 2. The van der Waals surface area contributed by atoms with E-state index in [-0.39, 0.29) is 18.0 Å². The molecule has 0 saturated heterocycles. The number of ether oxygens (including phenoxy) is 1. The number of amides is 1. The molecule has 4 heterocycles. The Morgan fingerprint density at radius 1 is 1.34 bits per heavy atom. The number of carbonyl (C=O) groups is 1. The highest BCUT2D eigenvalue weighted by atomic mass is 16.5. The Morgan fingerprint density at radius 3 is 2.88 bits per heavy atom. The summed E-state index contributed by atoms with van der Waals surface area (Å²) in [6.45, 7) is 6.97. The molecule has 170 valence electrons. The molecule has 0 fully saturated rings. The molecule has 9 heteroatoms. The molecule has 0 bridgehead atoms. The number of nitrogens with one attached hydrogen (secondary N) is 2. The van der Waals surface area contributed by atoms with Gasteiger partial charge in [-0.25, -0.2) is 4.98 Å². The molecule has 0 radical (unpaired) electrons. The first kappa shape index (κ1) is 21.9. The minimum Gasteiger partial charge on any atom is -0.496 e. The zero-order valence-corrected chi connectivity index (χ0v) is 18.7. The monoisotopic (exact) mass is 439 g/mol. The average Bonchev–Trinajstić information content (AvgIpc) is 3.38. The number of furan rings is 1. The second-order valence-corrected chi connectivity index (χ2v) is 7.92. The Morgan fingerprint density at radius 2 is 2.19 bits per heavy atom. The molecule has 3 aromatic heterocycles. The number of carbonyl (C=O) groups excluding carboxylic acids is 1. The molecular weight excluding hydrogens is 410 g/mol. The molecule has 0 aromatic carbocycles. The maximum absolute atomic E-state index is 13.1. The predicted octanol–water partition coefficient (Wildman–Crippen LogP) is 2.03. The number of aromatic amines is 1.